The van der Waals surface area contributed by atoms with Crippen LogP contribution in [-0.2, 0) is 23.9 Å². The molecule has 0 rings (SSSR count). The maximum Gasteiger partial charge on any atom is 0.293 e. The average molecular weight is 332 g/mol. The van der Waals surface area contributed by atoms with E-state index in [1.54, 1.807) is 13.8 Å². The van der Waals surface area contributed by atoms with E-state index in [0.29, 0.717) is 12.9 Å². The quantitative estimate of drug-likeness (QED) is 0.419. The van der Waals surface area contributed by atoms with Gasteiger partial charge in [0.1, 0.15) is 19.8 Å². The van der Waals surface area contributed by atoms with Crippen molar-refractivity contribution < 1.29 is 29.0 Å². The maximum atomic E-state index is 11.7. The van der Waals surface area contributed by atoms with Crippen LogP contribution >= 0.6 is 0 Å². The molecular formula is C15H28N2O6. The lowest BCUT2D eigenvalue weighted by molar-refractivity contribution is -0.135. The van der Waals surface area contributed by atoms with E-state index in [4.69, 9.17) is 9.84 Å². The molecule has 2 amide bonds. The van der Waals surface area contributed by atoms with Gasteiger partial charge < -0.3 is 25.2 Å². The van der Waals surface area contributed by atoms with Crippen molar-refractivity contribution >= 4 is 18.3 Å². The zero-order chi connectivity index (χ0) is 17.9. The summed E-state index contributed by atoms with van der Waals surface area (Å²) in [6.07, 6.45) is 0.423. The molecule has 0 aromatic rings. The van der Waals surface area contributed by atoms with Gasteiger partial charge in [0.05, 0.1) is 6.04 Å². The minimum Gasteiger partial charge on any atom is -0.466 e. The van der Waals surface area contributed by atoms with E-state index >= 15 is 0 Å². The van der Waals surface area contributed by atoms with Gasteiger partial charge in [-0.15, -0.1) is 0 Å². The first kappa shape index (κ1) is 21.3. The summed E-state index contributed by atoms with van der Waals surface area (Å²) in [6, 6.07) is -0.311. The molecule has 0 spiro atoms. The highest BCUT2D eigenvalue weighted by atomic mass is 16.5. The Labute approximate surface area is 136 Å². The van der Waals surface area contributed by atoms with Gasteiger partial charge in [-0.3, -0.25) is 14.4 Å². The smallest absolute Gasteiger partial charge is 0.293 e. The van der Waals surface area contributed by atoms with Gasteiger partial charge in [-0.2, -0.15) is 0 Å². The number of rotatable bonds is 12. The predicted octanol–water partition coefficient (Wildman–Crippen LogP) is -0.406. The summed E-state index contributed by atoms with van der Waals surface area (Å²) in [7, 11) is 0. The fourth-order valence-electron chi connectivity index (χ4n) is 1.78. The van der Waals surface area contributed by atoms with E-state index in [2.05, 4.69) is 15.4 Å². The van der Waals surface area contributed by atoms with Gasteiger partial charge in [-0.05, 0) is 26.2 Å². The third-order valence-corrected chi connectivity index (χ3v) is 3.18. The molecule has 23 heavy (non-hydrogen) atoms. The van der Waals surface area contributed by atoms with Crippen molar-refractivity contribution in [3.63, 3.8) is 0 Å². The first-order valence-corrected chi connectivity index (χ1v) is 7.56. The summed E-state index contributed by atoms with van der Waals surface area (Å²) >= 11 is 0. The summed E-state index contributed by atoms with van der Waals surface area (Å²) in [5.74, 6) is -0.664. The Morgan fingerprint density at radius 3 is 2.35 bits per heavy atom. The molecule has 0 bridgehead atoms. The van der Waals surface area contributed by atoms with Crippen molar-refractivity contribution in [1.82, 2.24) is 10.6 Å². The number of nitrogens with one attached hydrogen (secondary N) is 2. The zero-order valence-corrected chi connectivity index (χ0v) is 14.3. The summed E-state index contributed by atoms with van der Waals surface area (Å²) in [5.41, 5.74) is -0.535. The Bertz CT molecular complexity index is 384. The topological polar surface area (TPSA) is 114 Å². The van der Waals surface area contributed by atoms with E-state index in [1.165, 1.54) is 0 Å². The van der Waals surface area contributed by atoms with Crippen LogP contribution in [0.3, 0.4) is 0 Å². The summed E-state index contributed by atoms with van der Waals surface area (Å²) in [5, 5.41) is 14.3. The second-order valence-electron chi connectivity index (χ2n) is 6.25. The highest BCUT2D eigenvalue weighted by Crippen LogP contribution is 2.06. The molecule has 0 saturated heterocycles. The van der Waals surface area contributed by atoms with E-state index in [0.717, 1.165) is 0 Å². The van der Waals surface area contributed by atoms with Crippen LogP contribution in [0, 0.1) is 5.92 Å². The van der Waals surface area contributed by atoms with Crippen molar-refractivity contribution in [2.45, 2.75) is 45.7 Å². The number of aliphatic hydroxyl groups excluding tert-OH is 1. The predicted molar refractivity (Wildman–Crippen MR) is 83.5 cm³/mol. The zero-order valence-electron chi connectivity index (χ0n) is 14.3. The number of ether oxygens (including phenoxy) is 2. The lowest BCUT2D eigenvalue weighted by Gasteiger charge is -2.25. The molecule has 8 nitrogen and oxygen atoms in total. The molecule has 0 aliphatic heterocycles. The molecule has 8 heteroatoms. The Morgan fingerprint density at radius 2 is 1.83 bits per heavy atom. The van der Waals surface area contributed by atoms with Gasteiger partial charge in [-0.1, -0.05) is 13.8 Å². The highest BCUT2D eigenvalue weighted by molar-refractivity contribution is 5.80. The average Bonchev–Trinajstić information content (AvgIpc) is 2.42. The molecule has 0 aromatic carbocycles. The number of aliphatic hydroxyl groups is 1. The Hall–Kier alpha value is -1.67. The normalized spacial score (nSPS) is 12.6. The van der Waals surface area contributed by atoms with Gasteiger partial charge in [0, 0.05) is 12.1 Å². The van der Waals surface area contributed by atoms with Crippen molar-refractivity contribution in [1.29, 1.82) is 0 Å². The van der Waals surface area contributed by atoms with Gasteiger partial charge >= 0.3 is 0 Å². The number of hydrogen-bond donors (Lipinski definition) is 3. The van der Waals surface area contributed by atoms with Gasteiger partial charge in [-0.25, -0.2) is 0 Å². The first-order valence-electron chi connectivity index (χ1n) is 7.56. The van der Waals surface area contributed by atoms with Crippen LogP contribution in [0.1, 0.15) is 34.1 Å². The Kier molecular flexibility index (Phi) is 10.2. The van der Waals surface area contributed by atoms with Crippen LogP contribution in [0.25, 0.3) is 0 Å². The molecule has 0 saturated carbocycles. The molecule has 0 radical (unpaired) electrons. The molecule has 0 aromatic heterocycles. The maximum absolute atomic E-state index is 11.7. The lowest BCUT2D eigenvalue weighted by atomic mass is 10.0. The SMILES string of the molecule is CC(C)C(COC=O)NC(=O)COCC(=O)NC(C)(C)CCO. The summed E-state index contributed by atoms with van der Waals surface area (Å²) < 4.78 is 9.73. The fraction of sp³-hybridized carbons (Fsp3) is 0.800. The molecule has 0 aliphatic rings. The van der Waals surface area contributed by atoms with Crippen molar-refractivity contribution in [3.05, 3.63) is 0 Å². The van der Waals surface area contributed by atoms with Gasteiger partial charge in [0.2, 0.25) is 11.8 Å². The van der Waals surface area contributed by atoms with E-state index in [9.17, 15) is 14.4 Å². The second-order valence-corrected chi connectivity index (χ2v) is 6.25. The molecule has 0 aliphatic carbocycles. The van der Waals surface area contributed by atoms with E-state index in [-0.39, 0.29) is 50.2 Å². The van der Waals surface area contributed by atoms with Crippen LogP contribution in [0.4, 0.5) is 0 Å². The van der Waals surface area contributed by atoms with E-state index < -0.39 is 5.54 Å². The molecular weight excluding hydrogens is 304 g/mol. The Balaban J connectivity index is 4.09. The van der Waals surface area contributed by atoms with Crippen LogP contribution in [0.5, 0.6) is 0 Å². The molecule has 3 N–H and O–H groups in total. The van der Waals surface area contributed by atoms with Crippen LogP contribution < -0.4 is 10.6 Å². The number of carbonyl (C=O) groups is 3. The van der Waals surface area contributed by atoms with Gasteiger partial charge in [0.25, 0.3) is 6.47 Å². The Morgan fingerprint density at radius 1 is 1.22 bits per heavy atom. The third-order valence-electron chi connectivity index (χ3n) is 3.18. The molecule has 1 atom stereocenters. The molecule has 134 valence electrons. The third kappa shape index (κ3) is 10.6. The molecule has 0 fully saturated rings. The van der Waals surface area contributed by atoms with Crippen molar-refractivity contribution in [3.8, 4) is 0 Å². The highest BCUT2D eigenvalue weighted by Gasteiger charge is 2.20. The standard InChI is InChI=1S/C15H28N2O6/c1-11(2)12(7-23-10-19)16-13(20)8-22-9-14(21)17-15(3,4)5-6-18/h10-12,18H,5-9H2,1-4H3,(H,16,20)(H,17,21). The van der Waals surface area contributed by atoms with Gasteiger partial charge in [0.15, 0.2) is 0 Å². The van der Waals surface area contributed by atoms with E-state index in [1.807, 2.05) is 13.8 Å². The van der Waals surface area contributed by atoms with Crippen LogP contribution in [0.2, 0.25) is 0 Å². The van der Waals surface area contributed by atoms with Crippen LogP contribution in [0.15, 0.2) is 0 Å². The monoisotopic (exact) mass is 332 g/mol. The largest absolute Gasteiger partial charge is 0.466 e. The molecule has 1 unspecified atom stereocenters. The van der Waals surface area contributed by atoms with Crippen molar-refractivity contribution in [2.75, 3.05) is 26.4 Å². The molecule has 0 heterocycles. The van der Waals surface area contributed by atoms with Crippen LogP contribution in [-0.4, -0.2) is 61.4 Å². The minimum atomic E-state index is -0.535. The minimum absolute atomic E-state index is 0.0318. The summed E-state index contributed by atoms with van der Waals surface area (Å²) in [4.78, 5) is 33.6. The second kappa shape index (κ2) is 11.0. The number of carbonyl (C=O) groups excluding carboxylic acids is 3. The van der Waals surface area contributed by atoms with Crippen molar-refractivity contribution in [2.24, 2.45) is 5.92 Å². The summed E-state index contributed by atoms with van der Waals surface area (Å²) in [6.45, 7) is 7.21. The number of amides is 2. The lowest BCUT2D eigenvalue weighted by Crippen LogP contribution is -2.46. The first-order chi connectivity index (χ1) is 10.7. The number of hydrogen-bond acceptors (Lipinski definition) is 6. The fourth-order valence-corrected chi connectivity index (χ4v) is 1.78.